The van der Waals surface area contributed by atoms with Crippen LogP contribution in [0.5, 0.6) is 5.75 Å². The third-order valence-electron chi connectivity index (χ3n) is 3.22. The summed E-state index contributed by atoms with van der Waals surface area (Å²) < 4.78 is 5.39. The maximum Gasteiger partial charge on any atom is 0.145 e. The second-order valence-electron chi connectivity index (χ2n) is 4.48. The van der Waals surface area contributed by atoms with Crippen molar-refractivity contribution in [2.45, 2.75) is 26.7 Å². The van der Waals surface area contributed by atoms with E-state index in [1.807, 2.05) is 13.1 Å². The number of aromatic nitrogens is 1. The molecular formula is C15H20N2O. The van der Waals surface area contributed by atoms with Crippen molar-refractivity contribution in [2.24, 2.45) is 0 Å². The number of hydrogen-bond acceptors (Lipinski definition) is 3. The van der Waals surface area contributed by atoms with Crippen LogP contribution in [0.25, 0.3) is 10.9 Å². The van der Waals surface area contributed by atoms with E-state index in [0.29, 0.717) is 0 Å². The smallest absolute Gasteiger partial charge is 0.145 e. The average molecular weight is 244 g/mol. The number of fused-ring (bicyclic) bond motifs is 1. The molecular weight excluding hydrogens is 224 g/mol. The summed E-state index contributed by atoms with van der Waals surface area (Å²) in [7, 11) is 3.60. The lowest BCUT2D eigenvalue weighted by atomic mass is 10.0. The van der Waals surface area contributed by atoms with Crippen LogP contribution in [0.2, 0.25) is 0 Å². The minimum Gasteiger partial charge on any atom is -0.494 e. The Morgan fingerprint density at radius 3 is 2.72 bits per heavy atom. The van der Waals surface area contributed by atoms with Gasteiger partial charge in [0.2, 0.25) is 0 Å². The van der Waals surface area contributed by atoms with Crippen molar-refractivity contribution < 1.29 is 4.74 Å². The predicted octanol–water partition coefficient (Wildman–Crippen LogP) is 3.55. The zero-order chi connectivity index (χ0) is 13.1. The van der Waals surface area contributed by atoms with Gasteiger partial charge in [-0.2, -0.15) is 0 Å². The van der Waals surface area contributed by atoms with E-state index in [2.05, 4.69) is 31.3 Å². The Labute approximate surface area is 108 Å². The average Bonchev–Trinajstić information content (AvgIpc) is 2.39. The summed E-state index contributed by atoms with van der Waals surface area (Å²) in [4.78, 5) is 4.71. The fraction of sp³-hybridized carbons (Fsp3) is 0.400. The summed E-state index contributed by atoms with van der Waals surface area (Å²) in [6, 6.07) is 6.29. The topological polar surface area (TPSA) is 34.1 Å². The highest BCUT2D eigenvalue weighted by Crippen LogP contribution is 2.30. The highest BCUT2D eigenvalue weighted by molar-refractivity contribution is 5.89. The van der Waals surface area contributed by atoms with E-state index in [0.717, 1.165) is 29.9 Å². The van der Waals surface area contributed by atoms with E-state index in [1.54, 1.807) is 7.11 Å². The minimum absolute atomic E-state index is 0.829. The van der Waals surface area contributed by atoms with Gasteiger partial charge in [-0.3, -0.25) is 0 Å². The lowest BCUT2D eigenvalue weighted by Crippen LogP contribution is -2.01. The van der Waals surface area contributed by atoms with Crippen LogP contribution in [0.4, 0.5) is 5.82 Å². The van der Waals surface area contributed by atoms with Crippen LogP contribution >= 0.6 is 0 Å². The van der Waals surface area contributed by atoms with Gasteiger partial charge >= 0.3 is 0 Å². The lowest BCUT2D eigenvalue weighted by Gasteiger charge is -2.13. The number of benzene rings is 1. The molecule has 0 fully saturated rings. The predicted molar refractivity (Wildman–Crippen MR) is 76.6 cm³/mol. The molecule has 0 aliphatic carbocycles. The minimum atomic E-state index is 0.829. The van der Waals surface area contributed by atoms with Gasteiger partial charge in [0.25, 0.3) is 0 Å². The molecule has 0 radical (unpaired) electrons. The molecule has 96 valence electrons. The van der Waals surface area contributed by atoms with Gasteiger partial charge in [-0.05, 0) is 36.6 Å². The molecule has 0 spiro atoms. The molecule has 0 saturated carbocycles. The van der Waals surface area contributed by atoms with E-state index in [9.17, 15) is 0 Å². The Morgan fingerprint density at radius 1 is 1.33 bits per heavy atom. The third kappa shape index (κ3) is 2.13. The molecule has 0 amide bonds. The molecule has 2 aromatic rings. The first-order valence-corrected chi connectivity index (χ1v) is 6.36. The molecule has 18 heavy (non-hydrogen) atoms. The molecule has 1 heterocycles. The molecule has 0 aliphatic rings. The highest BCUT2D eigenvalue weighted by Gasteiger charge is 2.10. The molecule has 0 saturated heterocycles. The SMILES string of the molecule is CCCc1cc2c(C)ccc(OC)c2nc1NC. The fourth-order valence-electron chi connectivity index (χ4n) is 2.25. The lowest BCUT2D eigenvalue weighted by molar-refractivity contribution is 0.419. The first-order valence-electron chi connectivity index (χ1n) is 6.36. The normalized spacial score (nSPS) is 10.7. The molecule has 0 atom stereocenters. The van der Waals surface area contributed by atoms with E-state index in [-0.39, 0.29) is 0 Å². The number of ether oxygens (including phenoxy) is 1. The van der Waals surface area contributed by atoms with Gasteiger partial charge in [0.05, 0.1) is 7.11 Å². The highest BCUT2D eigenvalue weighted by atomic mass is 16.5. The van der Waals surface area contributed by atoms with Crippen molar-refractivity contribution in [2.75, 3.05) is 19.5 Å². The number of rotatable bonds is 4. The Kier molecular flexibility index (Phi) is 3.70. The Morgan fingerprint density at radius 2 is 2.11 bits per heavy atom. The maximum atomic E-state index is 5.39. The van der Waals surface area contributed by atoms with Gasteiger partial charge < -0.3 is 10.1 Å². The summed E-state index contributed by atoms with van der Waals surface area (Å²) in [6.07, 6.45) is 2.15. The van der Waals surface area contributed by atoms with Crippen molar-refractivity contribution in [3.8, 4) is 5.75 Å². The van der Waals surface area contributed by atoms with Gasteiger partial charge in [0, 0.05) is 12.4 Å². The number of pyridine rings is 1. The van der Waals surface area contributed by atoms with Crippen LogP contribution in [-0.4, -0.2) is 19.1 Å². The zero-order valence-electron chi connectivity index (χ0n) is 11.5. The van der Waals surface area contributed by atoms with Gasteiger partial charge in [0.1, 0.15) is 17.1 Å². The number of nitrogens with one attached hydrogen (secondary N) is 1. The standard InChI is InChI=1S/C15H20N2O/c1-5-6-11-9-12-10(2)7-8-13(18-4)14(12)17-15(11)16-3/h7-9H,5-6H2,1-4H3,(H,16,17). The van der Waals surface area contributed by atoms with Crippen LogP contribution < -0.4 is 10.1 Å². The maximum absolute atomic E-state index is 5.39. The van der Waals surface area contributed by atoms with E-state index < -0.39 is 0 Å². The van der Waals surface area contributed by atoms with Gasteiger partial charge in [-0.15, -0.1) is 0 Å². The van der Waals surface area contributed by atoms with E-state index >= 15 is 0 Å². The summed E-state index contributed by atoms with van der Waals surface area (Å²) in [5.41, 5.74) is 3.43. The third-order valence-corrected chi connectivity index (χ3v) is 3.22. The molecule has 3 nitrogen and oxygen atoms in total. The fourth-order valence-corrected chi connectivity index (χ4v) is 2.25. The molecule has 0 aliphatic heterocycles. The molecule has 1 N–H and O–H groups in total. The summed E-state index contributed by atoms with van der Waals surface area (Å²) >= 11 is 0. The first kappa shape index (κ1) is 12.7. The molecule has 3 heteroatoms. The van der Waals surface area contributed by atoms with Gasteiger partial charge in [-0.1, -0.05) is 19.4 Å². The quantitative estimate of drug-likeness (QED) is 0.893. The van der Waals surface area contributed by atoms with Crippen molar-refractivity contribution in [3.63, 3.8) is 0 Å². The van der Waals surface area contributed by atoms with E-state index in [1.165, 1.54) is 16.5 Å². The van der Waals surface area contributed by atoms with Gasteiger partial charge in [0.15, 0.2) is 0 Å². The molecule has 0 bridgehead atoms. The Hall–Kier alpha value is -1.77. The Balaban J connectivity index is 2.73. The summed E-state index contributed by atoms with van der Waals surface area (Å²) in [5, 5.41) is 4.35. The number of anilines is 1. The van der Waals surface area contributed by atoms with Crippen LogP contribution in [0.1, 0.15) is 24.5 Å². The molecule has 1 aromatic heterocycles. The number of hydrogen-bond donors (Lipinski definition) is 1. The van der Waals surface area contributed by atoms with Crippen LogP contribution in [-0.2, 0) is 6.42 Å². The number of aryl methyl sites for hydroxylation is 2. The largest absolute Gasteiger partial charge is 0.494 e. The van der Waals surface area contributed by atoms with Crippen molar-refractivity contribution >= 4 is 16.7 Å². The summed E-state index contributed by atoms with van der Waals surface area (Å²) in [5.74, 6) is 1.78. The molecule has 2 rings (SSSR count). The number of methoxy groups -OCH3 is 1. The van der Waals surface area contributed by atoms with E-state index in [4.69, 9.17) is 9.72 Å². The first-order chi connectivity index (χ1) is 8.71. The van der Waals surface area contributed by atoms with Gasteiger partial charge in [-0.25, -0.2) is 4.98 Å². The monoisotopic (exact) mass is 244 g/mol. The van der Waals surface area contributed by atoms with Crippen molar-refractivity contribution in [1.82, 2.24) is 4.98 Å². The Bertz CT molecular complexity index is 564. The zero-order valence-corrected chi connectivity index (χ0v) is 11.5. The van der Waals surface area contributed by atoms with Crippen molar-refractivity contribution in [3.05, 3.63) is 29.3 Å². The summed E-state index contributed by atoms with van der Waals surface area (Å²) in [6.45, 7) is 4.29. The molecule has 1 aromatic carbocycles. The second-order valence-corrected chi connectivity index (χ2v) is 4.48. The number of nitrogens with zero attached hydrogens (tertiary/aromatic N) is 1. The van der Waals surface area contributed by atoms with Crippen LogP contribution in [0, 0.1) is 6.92 Å². The second kappa shape index (κ2) is 5.25. The van der Waals surface area contributed by atoms with Crippen LogP contribution in [0.15, 0.2) is 18.2 Å². The van der Waals surface area contributed by atoms with Crippen LogP contribution in [0.3, 0.4) is 0 Å². The van der Waals surface area contributed by atoms with Crippen molar-refractivity contribution in [1.29, 1.82) is 0 Å². The molecule has 0 unspecified atom stereocenters.